The van der Waals surface area contributed by atoms with Crippen LogP contribution >= 0.6 is 0 Å². The smallest absolute Gasteiger partial charge is 0.303 e. The molecule has 3 nitrogen and oxygen atoms in total. The third-order valence-corrected chi connectivity index (χ3v) is 2.71. The van der Waals surface area contributed by atoms with Crippen molar-refractivity contribution < 1.29 is 9.90 Å². The van der Waals surface area contributed by atoms with Crippen LogP contribution in [0.3, 0.4) is 0 Å². The Balaban J connectivity index is 4.50. The number of hydrogen-bond acceptors (Lipinski definition) is 2. The van der Waals surface area contributed by atoms with Gasteiger partial charge in [-0.2, -0.15) is 0 Å². The SMILES string of the molecule is [B]N(C([B])([B])CCC(=O)O)C(C)(C)CC. The molecule has 0 saturated carbocycles. The molecule has 6 radical (unpaired) electrons. The van der Waals surface area contributed by atoms with Gasteiger partial charge in [-0.15, -0.1) is 0 Å². The summed E-state index contributed by atoms with van der Waals surface area (Å²) >= 11 is 0. The van der Waals surface area contributed by atoms with Gasteiger partial charge < -0.3 is 9.92 Å². The molecule has 0 bridgehead atoms. The lowest BCUT2D eigenvalue weighted by atomic mass is 9.55. The van der Waals surface area contributed by atoms with Crippen LogP contribution in [0.5, 0.6) is 0 Å². The van der Waals surface area contributed by atoms with Crippen LogP contribution in [0.4, 0.5) is 0 Å². The highest BCUT2D eigenvalue weighted by Gasteiger charge is 2.31. The summed E-state index contributed by atoms with van der Waals surface area (Å²) in [6.07, 6.45) is 0.787. The largest absolute Gasteiger partial charge is 0.481 e. The summed E-state index contributed by atoms with van der Waals surface area (Å²) in [7, 11) is 17.4. The van der Waals surface area contributed by atoms with Crippen molar-refractivity contribution in [1.82, 2.24) is 4.81 Å². The number of carboxylic acids is 1. The van der Waals surface area contributed by atoms with Crippen LogP contribution in [0.25, 0.3) is 0 Å². The topological polar surface area (TPSA) is 40.5 Å². The predicted octanol–water partition coefficient (Wildman–Crippen LogP) is 0.416. The van der Waals surface area contributed by atoms with E-state index in [1.54, 1.807) is 0 Å². The van der Waals surface area contributed by atoms with Gasteiger partial charge in [-0.25, -0.2) is 0 Å². The molecule has 0 saturated heterocycles. The second kappa shape index (κ2) is 5.11. The standard InChI is InChI=1S/C9H16B3NO2/c1-4-8(2,3)13(12)9(10,11)6-5-7(14)15/h4-6H2,1-3H3,(H,14,15). The lowest BCUT2D eigenvalue weighted by molar-refractivity contribution is -0.137. The molecule has 0 amide bonds. The quantitative estimate of drug-likeness (QED) is 0.635. The van der Waals surface area contributed by atoms with Gasteiger partial charge in [0.2, 0.25) is 0 Å². The average molecular weight is 203 g/mol. The van der Waals surface area contributed by atoms with Gasteiger partial charge in [0.25, 0.3) is 0 Å². The van der Waals surface area contributed by atoms with Gasteiger partial charge >= 0.3 is 5.97 Å². The van der Waals surface area contributed by atoms with Crippen molar-refractivity contribution in [3.8, 4) is 0 Å². The van der Waals surface area contributed by atoms with Crippen LogP contribution in [-0.4, -0.2) is 50.4 Å². The molecule has 0 fully saturated rings. The van der Waals surface area contributed by atoms with Crippen LogP contribution in [-0.2, 0) is 4.79 Å². The van der Waals surface area contributed by atoms with E-state index in [0.717, 1.165) is 6.42 Å². The van der Waals surface area contributed by atoms with Gasteiger partial charge in [0.15, 0.2) is 7.98 Å². The van der Waals surface area contributed by atoms with Crippen molar-refractivity contribution in [3.63, 3.8) is 0 Å². The molecule has 0 aromatic carbocycles. The third-order valence-electron chi connectivity index (χ3n) is 2.71. The first kappa shape index (κ1) is 14.6. The maximum absolute atomic E-state index is 10.4. The van der Waals surface area contributed by atoms with Crippen LogP contribution in [0.1, 0.15) is 40.0 Å². The van der Waals surface area contributed by atoms with Gasteiger partial charge in [-0.3, -0.25) is 4.79 Å². The van der Waals surface area contributed by atoms with E-state index >= 15 is 0 Å². The van der Waals surface area contributed by atoms with Gasteiger partial charge in [-0.1, -0.05) is 12.3 Å². The Hall–Kier alpha value is -0.375. The first-order valence-electron chi connectivity index (χ1n) is 4.98. The molecule has 78 valence electrons. The lowest BCUT2D eigenvalue weighted by Crippen LogP contribution is -2.58. The van der Waals surface area contributed by atoms with Gasteiger partial charge in [0.05, 0.1) is 15.7 Å². The van der Waals surface area contributed by atoms with Crippen molar-refractivity contribution in [2.24, 2.45) is 0 Å². The summed E-state index contributed by atoms with van der Waals surface area (Å²) in [6.45, 7) is 5.78. The minimum atomic E-state index is -1.29. The number of hydrogen-bond donors (Lipinski definition) is 1. The van der Waals surface area contributed by atoms with E-state index in [2.05, 4.69) is 0 Å². The van der Waals surface area contributed by atoms with Gasteiger partial charge in [-0.05, 0) is 26.7 Å². The first-order chi connectivity index (χ1) is 6.63. The van der Waals surface area contributed by atoms with Crippen LogP contribution in [0, 0.1) is 0 Å². The van der Waals surface area contributed by atoms with E-state index < -0.39 is 11.3 Å². The molecule has 0 unspecified atom stereocenters. The van der Waals surface area contributed by atoms with Crippen molar-refractivity contribution in [2.45, 2.75) is 50.9 Å². The van der Waals surface area contributed by atoms with E-state index in [4.69, 9.17) is 28.8 Å². The van der Waals surface area contributed by atoms with E-state index in [-0.39, 0.29) is 18.4 Å². The molecule has 0 aromatic heterocycles. The number of carbonyl (C=O) groups is 1. The van der Waals surface area contributed by atoms with E-state index in [9.17, 15) is 4.79 Å². The zero-order chi connectivity index (χ0) is 12.3. The molecule has 0 aliphatic carbocycles. The highest BCUT2D eigenvalue weighted by Crippen LogP contribution is 2.24. The number of carboxylic acid groups (broad SMARTS) is 1. The Morgan fingerprint density at radius 2 is 1.87 bits per heavy atom. The van der Waals surface area contributed by atoms with Crippen molar-refractivity contribution in [1.29, 1.82) is 0 Å². The summed E-state index contributed by atoms with van der Waals surface area (Å²) in [5.74, 6) is -0.932. The minimum absolute atomic E-state index is 0.0967. The molecule has 0 aromatic rings. The highest BCUT2D eigenvalue weighted by molar-refractivity contribution is 6.42. The number of aliphatic carboxylic acids is 1. The summed E-state index contributed by atoms with van der Waals surface area (Å²) in [5, 5.41) is 7.25. The average Bonchev–Trinajstić information content (AvgIpc) is 2.13. The molecule has 15 heavy (non-hydrogen) atoms. The van der Waals surface area contributed by atoms with Gasteiger partial charge in [0, 0.05) is 12.0 Å². The fourth-order valence-corrected chi connectivity index (χ4v) is 1.16. The van der Waals surface area contributed by atoms with Crippen molar-refractivity contribution in [3.05, 3.63) is 0 Å². The molecule has 0 aliphatic heterocycles. The Bertz CT molecular complexity index is 231. The monoisotopic (exact) mass is 203 g/mol. The normalized spacial score (nSPS) is 13.1. The summed E-state index contributed by atoms with van der Waals surface area (Å²) in [6, 6.07) is 0. The first-order valence-corrected chi connectivity index (χ1v) is 4.98. The fourth-order valence-electron chi connectivity index (χ4n) is 1.16. The Morgan fingerprint density at radius 3 is 2.20 bits per heavy atom. The van der Waals surface area contributed by atoms with Gasteiger partial charge in [0.1, 0.15) is 0 Å². The minimum Gasteiger partial charge on any atom is -0.481 e. The summed E-state index contributed by atoms with van der Waals surface area (Å²) in [4.78, 5) is 11.8. The lowest BCUT2D eigenvalue weighted by Gasteiger charge is -2.48. The highest BCUT2D eigenvalue weighted by atomic mass is 16.4. The second-order valence-electron chi connectivity index (χ2n) is 4.42. The predicted molar refractivity (Wildman–Crippen MR) is 63.1 cm³/mol. The maximum Gasteiger partial charge on any atom is 0.303 e. The van der Waals surface area contributed by atoms with Crippen molar-refractivity contribution >= 4 is 29.6 Å². The summed E-state index contributed by atoms with van der Waals surface area (Å²) in [5.41, 5.74) is -0.359. The van der Waals surface area contributed by atoms with Crippen molar-refractivity contribution in [2.75, 3.05) is 0 Å². The second-order valence-corrected chi connectivity index (χ2v) is 4.42. The van der Waals surface area contributed by atoms with Crippen LogP contribution in [0.2, 0.25) is 0 Å². The van der Waals surface area contributed by atoms with E-state index in [1.807, 2.05) is 20.8 Å². The Morgan fingerprint density at radius 1 is 1.40 bits per heavy atom. The van der Waals surface area contributed by atoms with Crippen LogP contribution < -0.4 is 0 Å². The molecule has 0 heterocycles. The number of nitrogens with zero attached hydrogens (tertiary/aromatic N) is 1. The zero-order valence-corrected chi connectivity index (χ0v) is 9.66. The Kier molecular flexibility index (Phi) is 4.98. The molecule has 0 aliphatic rings. The summed E-state index contributed by atoms with van der Waals surface area (Å²) < 4.78 is 0. The van der Waals surface area contributed by atoms with E-state index in [0.29, 0.717) is 0 Å². The molecule has 1 N–H and O–H groups in total. The molecule has 0 spiro atoms. The molecule has 0 rings (SSSR count). The Labute approximate surface area is 95.9 Å². The molecular formula is C9H16B3NO2. The maximum atomic E-state index is 10.4. The number of rotatable bonds is 6. The van der Waals surface area contributed by atoms with Crippen LogP contribution in [0.15, 0.2) is 0 Å². The zero-order valence-electron chi connectivity index (χ0n) is 9.66. The van der Waals surface area contributed by atoms with E-state index in [1.165, 1.54) is 4.81 Å². The fraction of sp³-hybridized carbons (Fsp3) is 0.889. The third kappa shape index (κ3) is 4.33. The molecular weight excluding hydrogens is 187 g/mol. The molecule has 6 heteroatoms. The molecule has 0 atom stereocenters.